The minimum atomic E-state index is -0.144. The van der Waals surface area contributed by atoms with Crippen LogP contribution in [0.3, 0.4) is 0 Å². The lowest BCUT2D eigenvalue weighted by Crippen LogP contribution is -2.18. The molecule has 0 saturated heterocycles. The number of nitrogens with zero attached hydrogens (tertiary/aromatic N) is 1. The zero-order chi connectivity index (χ0) is 34.9. The summed E-state index contributed by atoms with van der Waals surface area (Å²) in [5, 5.41) is 2.34. The van der Waals surface area contributed by atoms with Gasteiger partial charge in [-0.3, -0.25) is 0 Å². The number of aryl methyl sites for hydroxylation is 2. The van der Waals surface area contributed by atoms with Crippen LogP contribution in [0.4, 0.5) is 17.1 Å². The second kappa shape index (κ2) is 10.2. The van der Waals surface area contributed by atoms with Gasteiger partial charge in [0.1, 0.15) is 5.58 Å². The maximum Gasteiger partial charge on any atom is 0.159 e. The van der Waals surface area contributed by atoms with Crippen molar-refractivity contribution in [2.24, 2.45) is 0 Å². The fraction of sp³-hybridized carbons (Fsp3) is 0.250. The van der Waals surface area contributed by atoms with E-state index < -0.39 is 0 Å². The summed E-state index contributed by atoms with van der Waals surface area (Å²) >= 11 is 0. The van der Waals surface area contributed by atoms with Crippen molar-refractivity contribution in [3.63, 3.8) is 0 Å². The van der Waals surface area contributed by atoms with E-state index in [0.717, 1.165) is 33.6 Å². The molecule has 6 aromatic carbocycles. The molecular formula is C48H45NO. The molecule has 2 aliphatic carbocycles. The minimum Gasteiger partial charge on any atom is -0.454 e. The molecule has 0 unspecified atom stereocenters. The third-order valence-electron chi connectivity index (χ3n) is 11.7. The van der Waals surface area contributed by atoms with E-state index in [9.17, 15) is 0 Å². The number of furan rings is 1. The van der Waals surface area contributed by atoms with Crippen LogP contribution in [0.15, 0.2) is 114 Å². The van der Waals surface area contributed by atoms with Crippen LogP contribution in [0.25, 0.3) is 44.2 Å². The normalized spacial score (nSPS) is 15.2. The van der Waals surface area contributed by atoms with Gasteiger partial charge in [-0.15, -0.1) is 0 Å². The standard InChI is InChI=1S/C48H45NO/c1-28-24-29(2)43-35-15-12-19-41(45(35)50-42(43)25-28)49(30-20-22-33-32-14-10-11-16-36(32)47(6,7)39(33)26-30)31-21-23-34-40(27-31)48(8,9)38-18-13-17-37(44(34)38)46(3,4)5/h10-27H,1-9H3. The molecule has 0 bridgehead atoms. The zero-order valence-corrected chi connectivity index (χ0v) is 30.7. The topological polar surface area (TPSA) is 16.4 Å². The van der Waals surface area contributed by atoms with Crippen LogP contribution in [-0.2, 0) is 16.2 Å². The van der Waals surface area contributed by atoms with E-state index in [1.54, 1.807) is 0 Å². The maximum atomic E-state index is 6.85. The highest BCUT2D eigenvalue weighted by atomic mass is 16.3. The van der Waals surface area contributed by atoms with Crippen LogP contribution in [0.1, 0.15) is 87.4 Å². The summed E-state index contributed by atoms with van der Waals surface area (Å²) < 4.78 is 6.85. The Morgan fingerprint density at radius 1 is 0.580 bits per heavy atom. The zero-order valence-electron chi connectivity index (χ0n) is 30.7. The van der Waals surface area contributed by atoms with Gasteiger partial charge in [-0.05, 0) is 117 Å². The smallest absolute Gasteiger partial charge is 0.159 e. The van der Waals surface area contributed by atoms with E-state index >= 15 is 0 Å². The van der Waals surface area contributed by atoms with Crippen molar-refractivity contribution < 1.29 is 4.42 Å². The lowest BCUT2D eigenvalue weighted by atomic mass is 9.79. The predicted octanol–water partition coefficient (Wildman–Crippen LogP) is 13.6. The third kappa shape index (κ3) is 4.21. The second-order valence-electron chi connectivity index (χ2n) is 16.8. The Kier molecular flexibility index (Phi) is 6.33. The van der Waals surface area contributed by atoms with Crippen molar-refractivity contribution in [3.05, 3.63) is 148 Å². The molecule has 2 heteroatoms. The molecule has 7 aromatic rings. The summed E-state index contributed by atoms with van der Waals surface area (Å²) in [7, 11) is 0. The minimum absolute atomic E-state index is 0.0377. The highest BCUT2D eigenvalue weighted by Crippen LogP contribution is 2.55. The summed E-state index contributed by atoms with van der Waals surface area (Å²) in [6.45, 7) is 20.8. The van der Waals surface area contributed by atoms with Gasteiger partial charge in [0.15, 0.2) is 5.58 Å². The van der Waals surface area contributed by atoms with Crippen LogP contribution in [0.2, 0.25) is 0 Å². The first-order valence-corrected chi connectivity index (χ1v) is 18.0. The number of fused-ring (bicyclic) bond motifs is 9. The Morgan fingerprint density at radius 3 is 1.94 bits per heavy atom. The van der Waals surface area contributed by atoms with Gasteiger partial charge >= 0.3 is 0 Å². The Morgan fingerprint density at radius 2 is 1.20 bits per heavy atom. The van der Waals surface area contributed by atoms with Gasteiger partial charge in [0, 0.05) is 33.0 Å². The molecule has 248 valence electrons. The first-order chi connectivity index (χ1) is 23.8. The summed E-state index contributed by atoms with van der Waals surface area (Å²) in [4.78, 5) is 2.44. The largest absolute Gasteiger partial charge is 0.454 e. The number of hydrogen-bond donors (Lipinski definition) is 0. The molecule has 0 spiro atoms. The Balaban J connectivity index is 1.31. The van der Waals surface area contributed by atoms with Gasteiger partial charge < -0.3 is 9.32 Å². The van der Waals surface area contributed by atoms with Gasteiger partial charge in [-0.2, -0.15) is 0 Å². The Hall–Kier alpha value is -5.08. The first-order valence-electron chi connectivity index (χ1n) is 18.0. The molecule has 2 nitrogen and oxygen atoms in total. The van der Waals surface area contributed by atoms with Crippen LogP contribution in [-0.4, -0.2) is 0 Å². The first kappa shape index (κ1) is 30.9. The van der Waals surface area contributed by atoms with Crippen LogP contribution in [0.5, 0.6) is 0 Å². The molecule has 1 aromatic heterocycles. The molecule has 0 aliphatic heterocycles. The van der Waals surface area contributed by atoms with Gasteiger partial charge in [0.25, 0.3) is 0 Å². The summed E-state index contributed by atoms with van der Waals surface area (Å²) in [6.07, 6.45) is 0. The SMILES string of the molecule is Cc1cc(C)c2c(c1)oc1c(N(c3ccc4c(c3)C(C)(C)c3ccccc3-4)c3ccc4c(c3)C(C)(C)c3cccc(C(C)(C)C)c3-4)cccc12. The van der Waals surface area contributed by atoms with E-state index in [1.165, 1.54) is 66.6 Å². The van der Waals surface area contributed by atoms with Gasteiger partial charge in [0.2, 0.25) is 0 Å². The van der Waals surface area contributed by atoms with Crippen LogP contribution >= 0.6 is 0 Å². The Bertz CT molecular complexity index is 2550. The van der Waals surface area contributed by atoms with E-state index in [2.05, 4.69) is 176 Å². The molecule has 50 heavy (non-hydrogen) atoms. The summed E-state index contributed by atoms with van der Waals surface area (Å²) in [5.74, 6) is 0. The molecule has 0 atom stereocenters. The van der Waals surface area contributed by atoms with Gasteiger partial charge in [-0.25, -0.2) is 0 Å². The van der Waals surface area contributed by atoms with Crippen molar-refractivity contribution in [2.75, 3.05) is 4.90 Å². The maximum absolute atomic E-state index is 6.85. The van der Waals surface area contributed by atoms with E-state index in [0.29, 0.717) is 0 Å². The van der Waals surface area contributed by atoms with Crippen molar-refractivity contribution in [1.29, 1.82) is 0 Å². The average molecular weight is 652 g/mol. The van der Waals surface area contributed by atoms with Crippen LogP contribution < -0.4 is 4.90 Å². The van der Waals surface area contributed by atoms with Crippen molar-refractivity contribution in [1.82, 2.24) is 0 Å². The molecule has 1 heterocycles. The molecule has 2 aliphatic rings. The predicted molar refractivity (Wildman–Crippen MR) is 212 cm³/mol. The fourth-order valence-electron chi connectivity index (χ4n) is 9.27. The molecule has 9 rings (SSSR count). The number of para-hydroxylation sites is 1. The summed E-state index contributed by atoms with van der Waals surface area (Å²) in [6, 6.07) is 41.1. The number of rotatable bonds is 3. The molecule has 0 saturated carbocycles. The number of benzene rings is 6. The van der Waals surface area contributed by atoms with Gasteiger partial charge in [0.05, 0.1) is 5.69 Å². The number of anilines is 3. The average Bonchev–Trinajstić information content (AvgIpc) is 3.65. The summed E-state index contributed by atoms with van der Waals surface area (Å²) in [5.41, 5.74) is 19.7. The third-order valence-corrected chi connectivity index (χ3v) is 11.7. The lowest BCUT2D eigenvalue weighted by molar-refractivity contribution is 0.589. The van der Waals surface area contributed by atoms with Crippen LogP contribution in [0, 0.1) is 13.8 Å². The monoisotopic (exact) mass is 651 g/mol. The molecule has 0 amide bonds. The highest BCUT2D eigenvalue weighted by molar-refractivity contribution is 6.12. The highest BCUT2D eigenvalue weighted by Gasteiger charge is 2.40. The fourth-order valence-corrected chi connectivity index (χ4v) is 9.27. The molecule has 0 N–H and O–H groups in total. The lowest BCUT2D eigenvalue weighted by Gasteiger charge is -2.29. The van der Waals surface area contributed by atoms with Crippen molar-refractivity contribution >= 4 is 39.0 Å². The van der Waals surface area contributed by atoms with Gasteiger partial charge in [-0.1, -0.05) is 121 Å². The Labute approximate surface area is 296 Å². The second-order valence-corrected chi connectivity index (χ2v) is 16.8. The molecule has 0 radical (unpaired) electrons. The van der Waals surface area contributed by atoms with E-state index in [1.807, 2.05) is 0 Å². The van der Waals surface area contributed by atoms with Crippen molar-refractivity contribution in [3.8, 4) is 22.3 Å². The van der Waals surface area contributed by atoms with E-state index in [4.69, 9.17) is 4.42 Å². The number of hydrogen-bond acceptors (Lipinski definition) is 2. The molecular weight excluding hydrogens is 607 g/mol. The molecule has 0 fully saturated rings. The quantitative estimate of drug-likeness (QED) is 0.189. The van der Waals surface area contributed by atoms with Crippen molar-refractivity contribution in [2.45, 2.75) is 78.6 Å². The van der Waals surface area contributed by atoms with E-state index in [-0.39, 0.29) is 16.2 Å².